The molecule has 1 aromatic heterocycles. The van der Waals surface area contributed by atoms with E-state index >= 15 is 0 Å². The second-order valence-corrected chi connectivity index (χ2v) is 5.92. The zero-order chi connectivity index (χ0) is 13.2. The minimum Gasteiger partial charge on any atom is -0.244 e. The monoisotopic (exact) mass is 263 g/mol. The molecule has 18 heavy (non-hydrogen) atoms. The lowest BCUT2D eigenvalue weighted by atomic mass is 10.4. The summed E-state index contributed by atoms with van der Waals surface area (Å²) >= 11 is 0. The average Bonchev–Trinajstić information content (AvgIpc) is 3.19. The summed E-state index contributed by atoms with van der Waals surface area (Å²) in [6.07, 6.45) is 4.68. The fraction of sp³-hybridized carbons (Fsp3) is 0.333. The van der Waals surface area contributed by atoms with Crippen LogP contribution in [0.15, 0.2) is 35.9 Å². The highest BCUT2D eigenvalue weighted by Gasteiger charge is 2.38. The molecule has 2 rings (SSSR count). The van der Waals surface area contributed by atoms with Gasteiger partial charge in [-0.1, -0.05) is 6.08 Å². The minimum atomic E-state index is -3.67. The highest BCUT2D eigenvalue weighted by atomic mass is 32.2. The van der Waals surface area contributed by atoms with Crippen LogP contribution in [0.5, 0.6) is 0 Å². The van der Waals surface area contributed by atoms with Gasteiger partial charge in [-0.2, -0.15) is 9.57 Å². The van der Waals surface area contributed by atoms with Crippen molar-refractivity contribution in [3.05, 3.63) is 36.7 Å². The Morgan fingerprint density at radius 3 is 2.89 bits per heavy atom. The lowest BCUT2D eigenvalue weighted by Crippen LogP contribution is -2.33. The lowest BCUT2D eigenvalue weighted by Gasteiger charge is -2.20. The molecule has 0 bridgehead atoms. The summed E-state index contributed by atoms with van der Waals surface area (Å²) in [5.41, 5.74) is -0.0628. The zero-order valence-corrected chi connectivity index (χ0v) is 10.6. The van der Waals surface area contributed by atoms with Gasteiger partial charge >= 0.3 is 0 Å². The van der Waals surface area contributed by atoms with Crippen molar-refractivity contribution in [2.75, 3.05) is 6.54 Å². The van der Waals surface area contributed by atoms with E-state index in [9.17, 15) is 8.42 Å². The second-order valence-electron chi connectivity index (χ2n) is 4.06. The van der Waals surface area contributed by atoms with Gasteiger partial charge in [0, 0.05) is 18.8 Å². The van der Waals surface area contributed by atoms with Crippen molar-refractivity contribution >= 4 is 10.0 Å². The van der Waals surface area contributed by atoms with Crippen LogP contribution >= 0.6 is 0 Å². The summed E-state index contributed by atoms with van der Waals surface area (Å²) < 4.78 is 26.3. The quantitative estimate of drug-likeness (QED) is 0.750. The molecule has 1 fully saturated rings. The van der Waals surface area contributed by atoms with Crippen molar-refractivity contribution in [3.8, 4) is 6.07 Å². The molecular weight excluding hydrogens is 250 g/mol. The summed E-state index contributed by atoms with van der Waals surface area (Å²) in [4.78, 5) is 3.77. The number of nitriles is 1. The number of aromatic nitrogens is 1. The van der Waals surface area contributed by atoms with Crippen LogP contribution in [0, 0.1) is 11.3 Å². The van der Waals surface area contributed by atoms with E-state index in [2.05, 4.69) is 11.6 Å². The predicted octanol–water partition coefficient (Wildman–Crippen LogP) is 1.29. The molecule has 1 aromatic rings. The van der Waals surface area contributed by atoms with E-state index in [-0.39, 0.29) is 23.2 Å². The average molecular weight is 263 g/mol. The van der Waals surface area contributed by atoms with Crippen molar-refractivity contribution in [2.45, 2.75) is 23.8 Å². The van der Waals surface area contributed by atoms with Crippen LogP contribution < -0.4 is 0 Å². The van der Waals surface area contributed by atoms with Gasteiger partial charge in [-0.25, -0.2) is 13.4 Å². The van der Waals surface area contributed by atoms with E-state index < -0.39 is 10.0 Å². The molecule has 1 aliphatic rings. The van der Waals surface area contributed by atoms with E-state index in [0.717, 1.165) is 12.8 Å². The second kappa shape index (κ2) is 4.88. The highest BCUT2D eigenvalue weighted by Crippen LogP contribution is 2.32. The largest absolute Gasteiger partial charge is 0.246 e. The molecule has 1 heterocycles. The summed E-state index contributed by atoms with van der Waals surface area (Å²) in [6.45, 7) is 3.83. The van der Waals surface area contributed by atoms with Gasteiger partial charge in [0.25, 0.3) is 0 Å². The topological polar surface area (TPSA) is 74.1 Å². The molecule has 0 atom stereocenters. The first-order valence-corrected chi connectivity index (χ1v) is 7.03. The Labute approximate surface area is 106 Å². The van der Waals surface area contributed by atoms with Gasteiger partial charge in [0.2, 0.25) is 10.0 Å². The number of sulfonamides is 1. The van der Waals surface area contributed by atoms with Crippen LogP contribution in [0.3, 0.4) is 0 Å². The van der Waals surface area contributed by atoms with Crippen molar-refractivity contribution in [3.63, 3.8) is 0 Å². The Balaban J connectivity index is 2.46. The molecule has 5 nitrogen and oxygen atoms in total. The normalized spacial score (nSPS) is 15.3. The van der Waals surface area contributed by atoms with E-state index in [4.69, 9.17) is 5.26 Å². The van der Waals surface area contributed by atoms with E-state index in [1.54, 1.807) is 6.08 Å². The third-order valence-electron chi connectivity index (χ3n) is 2.73. The van der Waals surface area contributed by atoms with E-state index in [1.165, 1.54) is 22.6 Å². The maximum Gasteiger partial charge on any atom is 0.246 e. The Hall–Kier alpha value is -1.71. The molecule has 94 valence electrons. The number of hydrogen-bond donors (Lipinski definition) is 0. The fourth-order valence-corrected chi connectivity index (χ4v) is 3.49. The maximum absolute atomic E-state index is 12.5. The Morgan fingerprint density at radius 1 is 1.61 bits per heavy atom. The molecule has 0 radical (unpaired) electrons. The van der Waals surface area contributed by atoms with Gasteiger partial charge in [-0.15, -0.1) is 6.58 Å². The molecule has 0 spiro atoms. The predicted molar refractivity (Wildman–Crippen MR) is 66.1 cm³/mol. The maximum atomic E-state index is 12.5. The standard InChI is InChI=1S/C12H13N3O2S/c1-2-8-15(10-5-6-10)18(16,17)12-4-3-7-14-11(12)9-13/h2-4,7,10H,1,5-6,8H2. The van der Waals surface area contributed by atoms with Crippen molar-refractivity contribution in [1.29, 1.82) is 5.26 Å². The molecule has 0 amide bonds. The summed E-state index contributed by atoms with van der Waals surface area (Å²) in [5.74, 6) is 0. The zero-order valence-electron chi connectivity index (χ0n) is 9.78. The molecule has 0 aromatic carbocycles. The molecule has 6 heteroatoms. The van der Waals surface area contributed by atoms with E-state index in [1.807, 2.05) is 6.07 Å². The van der Waals surface area contributed by atoms with Gasteiger partial charge in [0.05, 0.1) is 0 Å². The van der Waals surface area contributed by atoms with Gasteiger partial charge in [0.15, 0.2) is 5.69 Å². The van der Waals surface area contributed by atoms with Crippen molar-refractivity contribution in [1.82, 2.24) is 9.29 Å². The summed E-state index contributed by atoms with van der Waals surface area (Å²) in [5, 5.41) is 8.93. The molecule has 0 N–H and O–H groups in total. The Morgan fingerprint density at radius 2 is 2.33 bits per heavy atom. The van der Waals surface area contributed by atoms with Crippen molar-refractivity contribution < 1.29 is 8.42 Å². The number of pyridine rings is 1. The number of hydrogen-bond acceptors (Lipinski definition) is 4. The van der Waals surface area contributed by atoms with Gasteiger partial charge in [-0.05, 0) is 25.0 Å². The van der Waals surface area contributed by atoms with Gasteiger partial charge in [0.1, 0.15) is 11.0 Å². The highest BCUT2D eigenvalue weighted by molar-refractivity contribution is 7.89. The summed E-state index contributed by atoms with van der Waals surface area (Å²) in [6, 6.07) is 4.78. The summed E-state index contributed by atoms with van der Waals surface area (Å²) in [7, 11) is -3.67. The van der Waals surface area contributed by atoms with Crippen LogP contribution in [-0.4, -0.2) is 30.3 Å². The Bertz CT molecular complexity index is 600. The SMILES string of the molecule is C=CCN(C1CC1)S(=O)(=O)c1cccnc1C#N. The van der Waals surface area contributed by atoms with Crippen LogP contribution in [-0.2, 0) is 10.0 Å². The van der Waals surface area contributed by atoms with Crippen LogP contribution in [0.1, 0.15) is 18.5 Å². The first-order valence-electron chi connectivity index (χ1n) is 5.59. The van der Waals surface area contributed by atoms with Crippen molar-refractivity contribution in [2.24, 2.45) is 0 Å². The van der Waals surface area contributed by atoms with Gasteiger partial charge < -0.3 is 0 Å². The third-order valence-corrected chi connectivity index (χ3v) is 4.68. The molecule has 0 aliphatic heterocycles. The molecule has 0 unspecified atom stereocenters. The lowest BCUT2D eigenvalue weighted by molar-refractivity contribution is 0.435. The molecule has 1 saturated carbocycles. The van der Waals surface area contributed by atoms with Crippen LogP contribution in [0.25, 0.3) is 0 Å². The fourth-order valence-electron chi connectivity index (χ4n) is 1.74. The van der Waals surface area contributed by atoms with Gasteiger partial charge in [-0.3, -0.25) is 0 Å². The minimum absolute atomic E-state index is 0.0266. The first kappa shape index (κ1) is 12.7. The van der Waals surface area contributed by atoms with E-state index in [0.29, 0.717) is 0 Å². The number of nitrogens with zero attached hydrogens (tertiary/aromatic N) is 3. The first-order chi connectivity index (χ1) is 8.61. The van der Waals surface area contributed by atoms with Crippen LogP contribution in [0.2, 0.25) is 0 Å². The third kappa shape index (κ3) is 2.28. The smallest absolute Gasteiger partial charge is 0.244 e. The molecule has 1 aliphatic carbocycles. The number of rotatable bonds is 5. The van der Waals surface area contributed by atoms with Crippen LogP contribution in [0.4, 0.5) is 0 Å². The molecule has 0 saturated heterocycles. The Kier molecular flexibility index (Phi) is 3.45. The molecular formula is C12H13N3O2S.